The van der Waals surface area contributed by atoms with E-state index in [0.717, 1.165) is 34.5 Å². The lowest BCUT2D eigenvalue weighted by atomic mass is 9.93. The molecule has 5 aliphatic rings. The molecule has 10 unspecified atom stereocenters. The Labute approximate surface area is 673 Å². The molecule has 0 radical (unpaired) electrons. The molecule has 0 N–H and O–H groups in total. The minimum Gasteiger partial charge on any atom is -0.467 e. The highest BCUT2D eigenvalue weighted by Crippen LogP contribution is 2.42. The summed E-state index contributed by atoms with van der Waals surface area (Å²) in [4.78, 5) is 107. The molecule has 0 saturated carbocycles. The van der Waals surface area contributed by atoms with Crippen LogP contribution in [0.2, 0.25) is 0 Å². The average molecular weight is 1640 g/mol. The van der Waals surface area contributed by atoms with Gasteiger partial charge in [-0.05, 0) is 79.4 Å². The van der Waals surface area contributed by atoms with Crippen molar-refractivity contribution in [3.05, 3.63) is 103 Å². The van der Waals surface area contributed by atoms with Gasteiger partial charge in [0.25, 0.3) is 0 Å². The maximum absolute atomic E-state index is 14.9. The fourth-order valence-electron chi connectivity index (χ4n) is 13.5. The molecular formula is C77H113N9O30. The van der Waals surface area contributed by atoms with Crippen LogP contribution in [0.25, 0.3) is 31.3 Å². The van der Waals surface area contributed by atoms with Gasteiger partial charge in [-0.1, -0.05) is 132 Å². The largest absolute Gasteiger partial charge is 0.467 e. The Hall–Kier alpha value is -7.98. The molecule has 0 amide bonds. The van der Waals surface area contributed by atoms with Gasteiger partial charge >= 0.3 is 41.8 Å². The van der Waals surface area contributed by atoms with Gasteiger partial charge < -0.3 is 109 Å². The maximum atomic E-state index is 14.9. The number of benzene rings is 2. The van der Waals surface area contributed by atoms with Crippen molar-refractivity contribution in [1.29, 1.82) is 0 Å². The van der Waals surface area contributed by atoms with Crippen LogP contribution in [-0.4, -0.2) is 276 Å². The Morgan fingerprint density at radius 1 is 0.353 bits per heavy atom. The Morgan fingerprint density at radius 3 is 1.09 bits per heavy atom. The van der Waals surface area contributed by atoms with E-state index in [9.17, 15) is 50.2 Å². The van der Waals surface area contributed by atoms with E-state index in [4.69, 9.17) is 109 Å². The number of methoxy groups -OCH3 is 3. The lowest BCUT2D eigenvalue weighted by Gasteiger charge is -2.51. The van der Waals surface area contributed by atoms with Crippen LogP contribution in [0.4, 0.5) is 0 Å². The summed E-state index contributed by atoms with van der Waals surface area (Å²) in [7, 11) is 3.39. The summed E-state index contributed by atoms with van der Waals surface area (Å²) in [6.07, 6.45) is -29.8. The molecule has 2 aromatic rings. The van der Waals surface area contributed by atoms with Crippen LogP contribution in [0.3, 0.4) is 0 Å². The third-order valence-electron chi connectivity index (χ3n) is 19.3. The maximum Gasteiger partial charge on any atom is 0.338 e. The highest BCUT2D eigenvalue weighted by atomic mass is 16.8. The summed E-state index contributed by atoms with van der Waals surface area (Å²) >= 11 is 0. The normalized spacial score (nSPS) is 31.0. The molecule has 5 saturated heterocycles. The Balaban J connectivity index is 1.38. The van der Waals surface area contributed by atoms with E-state index in [1.807, 2.05) is 41.5 Å². The minimum atomic E-state index is -2.09. The van der Waals surface area contributed by atoms with Crippen molar-refractivity contribution in [2.75, 3.05) is 80.8 Å². The third-order valence-corrected chi connectivity index (χ3v) is 19.3. The van der Waals surface area contributed by atoms with E-state index in [0.29, 0.717) is 70.6 Å². The molecule has 116 heavy (non-hydrogen) atoms. The molecule has 646 valence electrons. The second kappa shape index (κ2) is 50.7. The van der Waals surface area contributed by atoms with Gasteiger partial charge in [-0.3, -0.25) is 14.4 Å². The number of carbonyl (C=O) groups is 7. The molecule has 2 aromatic carbocycles. The van der Waals surface area contributed by atoms with E-state index < -0.39 is 208 Å². The second-order valence-corrected chi connectivity index (χ2v) is 27.8. The first-order valence-corrected chi connectivity index (χ1v) is 39.6. The van der Waals surface area contributed by atoms with Crippen molar-refractivity contribution < 1.29 is 143 Å². The molecule has 7 rings (SSSR count). The number of hydrogen-bond donors (Lipinski definition) is 0. The average Bonchev–Trinajstić information content (AvgIpc) is 0.757. The highest BCUT2D eigenvalue weighted by molar-refractivity contribution is 5.90. The number of ether oxygens (including phenoxy) is 23. The van der Waals surface area contributed by atoms with Gasteiger partial charge in [0.05, 0.1) is 37.6 Å². The van der Waals surface area contributed by atoms with Crippen LogP contribution < -0.4 is 0 Å². The zero-order valence-electron chi connectivity index (χ0n) is 67.8. The number of nitrogens with zero attached hydrogens (tertiary/aromatic N) is 9. The van der Waals surface area contributed by atoms with Gasteiger partial charge in [0, 0.05) is 82.3 Å². The fraction of sp³-hybridized carbons (Fsp3) is 0.753. The summed E-state index contributed by atoms with van der Waals surface area (Å²) in [5.74, 6) is -6.61. The molecule has 0 bridgehead atoms. The topological polar surface area (TPSA) is 478 Å². The minimum absolute atomic E-state index is 0.00112. The quantitative estimate of drug-likeness (QED) is 0.0148. The summed E-state index contributed by atoms with van der Waals surface area (Å²) in [5.41, 5.74) is 31.3. The van der Waals surface area contributed by atoms with Crippen molar-refractivity contribution >= 4 is 41.8 Å². The Morgan fingerprint density at radius 2 is 0.690 bits per heavy atom. The van der Waals surface area contributed by atoms with Crippen molar-refractivity contribution in [2.45, 2.75) is 293 Å². The lowest BCUT2D eigenvalue weighted by Crippen LogP contribution is -2.69. The predicted octanol–water partition coefficient (Wildman–Crippen LogP) is 9.43. The van der Waals surface area contributed by atoms with Gasteiger partial charge in [-0.15, -0.1) is 0 Å². The van der Waals surface area contributed by atoms with Crippen LogP contribution in [0, 0.1) is 0 Å². The van der Waals surface area contributed by atoms with E-state index in [-0.39, 0.29) is 57.4 Å². The lowest BCUT2D eigenvalue weighted by molar-refractivity contribution is -0.380. The number of carbonyl (C=O) groups excluding carboxylic acids is 7. The first kappa shape index (κ1) is 95.2. The van der Waals surface area contributed by atoms with Crippen LogP contribution in [-0.2, 0) is 133 Å². The molecule has 5 heterocycles. The monoisotopic (exact) mass is 1640 g/mol. The zero-order chi connectivity index (χ0) is 84.1. The van der Waals surface area contributed by atoms with Gasteiger partial charge in [0.1, 0.15) is 111 Å². The van der Waals surface area contributed by atoms with Crippen molar-refractivity contribution in [3.63, 3.8) is 0 Å². The third kappa shape index (κ3) is 27.0. The Kier molecular flexibility index (Phi) is 41.6. The first-order chi connectivity index (χ1) is 56.2. The van der Waals surface area contributed by atoms with Crippen molar-refractivity contribution in [1.82, 2.24) is 0 Å². The molecule has 25 atom stereocenters. The summed E-state index contributed by atoms with van der Waals surface area (Å²) in [6.45, 7) is 13.2. The zero-order valence-corrected chi connectivity index (χ0v) is 67.8. The molecule has 39 nitrogen and oxygen atoms in total. The number of esters is 7. The van der Waals surface area contributed by atoms with Crippen molar-refractivity contribution in [2.24, 2.45) is 15.3 Å². The number of azide groups is 3. The van der Waals surface area contributed by atoms with E-state index in [2.05, 4.69) is 30.1 Å². The molecule has 5 aliphatic heterocycles. The Bertz CT molecular complexity index is 3490. The van der Waals surface area contributed by atoms with Crippen LogP contribution in [0.5, 0.6) is 0 Å². The number of hydrogen-bond acceptors (Lipinski definition) is 33. The standard InChI is InChI=1S/C77H113N9O30/c1-13-19-35-97-55-49(41-103-44(7)87)108-74(53(82-85-79)58(55)98-36-20-14-2)113-63-61(100-38-22-16-4)67(102-40-24-18-6)76(115-65(63)71(92)94-10)112-57-50(42-104-45(8)88)109-75(54(83-86-80)60(57)106-46(9)89)114-64-62(101-39-23-17-5)68(110-70(91)48-33-29-26-30-34-48)77(116-66(64)72(93)95-11)111-56-51(43-105-69(90)47-31-27-25-28-32-47)107-73(96-12)52(81-84-78)59(56)99-37-21-15-3/h25-34,49-68,73-77H,13-24,35-43H2,1-12H3/t49?,50?,51?,52?,53-,54-,55+,56+,57+,58?,59+,60?,61?,62?,63-,64-,65?,66?,67-,68-,73-,74+,75+,76+,77+/m0/s1. The van der Waals surface area contributed by atoms with Gasteiger partial charge in [-0.2, -0.15) is 0 Å². The second-order valence-electron chi connectivity index (χ2n) is 27.8. The van der Waals surface area contributed by atoms with Crippen LogP contribution in [0.1, 0.15) is 160 Å². The summed E-state index contributed by atoms with van der Waals surface area (Å²) in [5, 5.41) is 12.3. The summed E-state index contributed by atoms with van der Waals surface area (Å²) < 4.78 is 147. The van der Waals surface area contributed by atoms with Gasteiger partial charge in [0.2, 0.25) is 0 Å². The summed E-state index contributed by atoms with van der Waals surface area (Å²) in [6, 6.07) is 11.0. The van der Waals surface area contributed by atoms with Gasteiger partial charge in [-0.25, -0.2) is 19.2 Å². The molecule has 39 heteroatoms. The SMILES string of the molecule is CCCCOC1[C@H](OCCCC)C(COC(C)=O)O[C@H](O[C@@H]2C(C(=O)OC)O[C@@H](O[C@@H]3C(COC(C)=O)O[C@H](O[C@@H]4C(C(=O)OC)O[C@@H](O[C@@H]5C(COC(=O)c6ccccc6)O[C@H](OC)C(N=[N+]=[N-])[C@H]5OCCCC)[C@@H](OC(=O)c5ccccc5)C4OCCCC)[C@@H](N=[N+]=[N-])C3OC(C)=O)[C@@H](OCCCC)C2OCCCC)[C@H]1N=[N+]=[N-]. The van der Waals surface area contributed by atoms with E-state index in [1.54, 1.807) is 36.4 Å². The first-order valence-electron chi connectivity index (χ1n) is 39.6. The highest BCUT2D eigenvalue weighted by Gasteiger charge is 2.62. The van der Waals surface area contributed by atoms with Gasteiger partial charge in [0.15, 0.2) is 49.8 Å². The fourth-order valence-corrected chi connectivity index (χ4v) is 13.5. The van der Waals surface area contributed by atoms with Crippen LogP contribution in [0.15, 0.2) is 76.0 Å². The molecular weight excluding hydrogens is 1530 g/mol. The molecule has 5 fully saturated rings. The number of unbranched alkanes of at least 4 members (excludes halogenated alkanes) is 6. The molecule has 0 aliphatic carbocycles. The smallest absolute Gasteiger partial charge is 0.338 e. The predicted molar refractivity (Wildman–Crippen MR) is 402 cm³/mol. The molecule has 0 spiro atoms. The number of rotatable bonds is 48. The van der Waals surface area contributed by atoms with Crippen LogP contribution >= 0.6 is 0 Å². The van der Waals surface area contributed by atoms with E-state index >= 15 is 0 Å². The molecule has 0 aromatic heterocycles. The van der Waals surface area contributed by atoms with E-state index in [1.165, 1.54) is 38.3 Å². The van der Waals surface area contributed by atoms with Crippen molar-refractivity contribution in [3.8, 4) is 0 Å².